The fourth-order valence-corrected chi connectivity index (χ4v) is 1.73. The first-order valence-corrected chi connectivity index (χ1v) is 5.88. The number of nitrogens with one attached hydrogen (secondary N) is 2. The van der Waals surface area contributed by atoms with Gasteiger partial charge in [0.15, 0.2) is 0 Å². The Kier molecular flexibility index (Phi) is 5.18. The number of anilines is 1. The van der Waals surface area contributed by atoms with E-state index in [2.05, 4.69) is 10.6 Å². The number of urea groups is 1. The zero-order valence-electron chi connectivity index (χ0n) is 9.37. The lowest BCUT2D eigenvalue weighted by Crippen LogP contribution is -2.38. The summed E-state index contributed by atoms with van der Waals surface area (Å²) in [5.41, 5.74) is 5.95. The molecule has 1 rings (SSSR count). The molecular weight excluding hydrogens is 258 g/mol. The third-order valence-corrected chi connectivity index (χ3v) is 2.50. The average molecular weight is 272 g/mol. The number of hydrogen-bond acceptors (Lipinski definition) is 2. The Balaban J connectivity index is 2.50. The Labute approximate surface area is 111 Å². The summed E-state index contributed by atoms with van der Waals surface area (Å²) in [6.45, 7) is 1.82. The Hall–Kier alpha value is -1.33. The maximum absolute atomic E-state index is 11.6. The van der Waals surface area contributed by atoms with E-state index in [1.54, 1.807) is 24.3 Å². The van der Waals surface area contributed by atoms with Gasteiger partial charge in [-0.05, 0) is 19.1 Å². The SMILES string of the molecule is CC(CC(N)=S)NC(=O)Nc1ccccc1Cl. The van der Waals surface area contributed by atoms with Crippen molar-refractivity contribution in [3.05, 3.63) is 29.3 Å². The number of para-hydroxylation sites is 1. The molecule has 1 unspecified atom stereocenters. The summed E-state index contributed by atoms with van der Waals surface area (Å²) in [5, 5.41) is 5.85. The van der Waals surface area contributed by atoms with Crippen LogP contribution in [0.2, 0.25) is 5.02 Å². The number of rotatable bonds is 4. The second-order valence-electron chi connectivity index (χ2n) is 3.65. The molecule has 1 atom stereocenters. The van der Waals surface area contributed by atoms with Gasteiger partial charge in [0.2, 0.25) is 0 Å². The van der Waals surface area contributed by atoms with Crippen molar-refractivity contribution in [1.29, 1.82) is 0 Å². The highest BCUT2D eigenvalue weighted by Crippen LogP contribution is 2.20. The van der Waals surface area contributed by atoms with Gasteiger partial charge >= 0.3 is 6.03 Å². The van der Waals surface area contributed by atoms with E-state index in [1.807, 2.05) is 6.92 Å². The van der Waals surface area contributed by atoms with Crippen LogP contribution in [0.3, 0.4) is 0 Å². The van der Waals surface area contributed by atoms with Crippen molar-refractivity contribution in [1.82, 2.24) is 5.32 Å². The molecule has 1 aromatic rings. The van der Waals surface area contributed by atoms with E-state index >= 15 is 0 Å². The molecule has 17 heavy (non-hydrogen) atoms. The van der Waals surface area contributed by atoms with Crippen molar-refractivity contribution in [3.63, 3.8) is 0 Å². The van der Waals surface area contributed by atoms with Crippen molar-refractivity contribution in [3.8, 4) is 0 Å². The lowest BCUT2D eigenvalue weighted by atomic mass is 10.2. The number of nitrogens with two attached hydrogens (primary N) is 1. The van der Waals surface area contributed by atoms with Gasteiger partial charge in [0.25, 0.3) is 0 Å². The fourth-order valence-electron chi connectivity index (χ4n) is 1.30. The fraction of sp³-hybridized carbons (Fsp3) is 0.273. The summed E-state index contributed by atoms with van der Waals surface area (Å²) in [6, 6.07) is 6.56. The molecule has 0 aliphatic carbocycles. The number of carbonyl (C=O) groups excluding carboxylic acids is 1. The topological polar surface area (TPSA) is 67.1 Å². The lowest BCUT2D eigenvalue weighted by Gasteiger charge is -2.14. The van der Waals surface area contributed by atoms with Gasteiger partial charge < -0.3 is 16.4 Å². The zero-order valence-corrected chi connectivity index (χ0v) is 10.9. The first kappa shape index (κ1) is 13.7. The molecule has 0 heterocycles. The molecule has 0 spiro atoms. The van der Waals surface area contributed by atoms with Crippen LogP contribution in [0.4, 0.5) is 10.5 Å². The highest BCUT2D eigenvalue weighted by Gasteiger charge is 2.09. The Bertz CT molecular complexity index is 425. The van der Waals surface area contributed by atoms with Gasteiger partial charge in [-0.3, -0.25) is 0 Å². The highest BCUT2D eigenvalue weighted by atomic mass is 35.5. The van der Waals surface area contributed by atoms with Crippen molar-refractivity contribution < 1.29 is 4.79 Å². The predicted molar refractivity (Wildman–Crippen MR) is 74.5 cm³/mol. The van der Waals surface area contributed by atoms with Crippen molar-refractivity contribution in [2.75, 3.05) is 5.32 Å². The van der Waals surface area contributed by atoms with Crippen LogP contribution in [0.25, 0.3) is 0 Å². The molecule has 2 amide bonds. The Morgan fingerprint density at radius 3 is 2.76 bits per heavy atom. The quantitative estimate of drug-likeness (QED) is 0.737. The number of halogens is 1. The summed E-state index contributed by atoms with van der Waals surface area (Å²) in [7, 11) is 0. The second kappa shape index (κ2) is 6.42. The molecule has 0 aliphatic rings. The van der Waals surface area contributed by atoms with E-state index < -0.39 is 0 Å². The third kappa shape index (κ3) is 5.01. The van der Waals surface area contributed by atoms with E-state index in [4.69, 9.17) is 29.6 Å². The first-order valence-electron chi connectivity index (χ1n) is 5.09. The molecule has 0 radical (unpaired) electrons. The van der Waals surface area contributed by atoms with Gasteiger partial charge in [0.05, 0.1) is 15.7 Å². The van der Waals surface area contributed by atoms with Crippen LogP contribution >= 0.6 is 23.8 Å². The van der Waals surface area contributed by atoms with Crippen molar-refractivity contribution in [2.45, 2.75) is 19.4 Å². The van der Waals surface area contributed by atoms with E-state index in [0.29, 0.717) is 22.1 Å². The van der Waals surface area contributed by atoms with E-state index in [0.717, 1.165) is 0 Å². The summed E-state index contributed by atoms with van der Waals surface area (Å²) < 4.78 is 0. The van der Waals surface area contributed by atoms with Crippen molar-refractivity contribution >= 4 is 40.5 Å². The van der Waals surface area contributed by atoms with E-state index in [1.165, 1.54) is 0 Å². The average Bonchev–Trinajstić information content (AvgIpc) is 2.19. The molecule has 0 saturated carbocycles. The van der Waals surface area contributed by atoms with E-state index in [9.17, 15) is 4.79 Å². The zero-order chi connectivity index (χ0) is 12.8. The minimum absolute atomic E-state index is 0.116. The van der Waals surface area contributed by atoms with Crippen LogP contribution in [0.5, 0.6) is 0 Å². The molecule has 0 saturated heterocycles. The Morgan fingerprint density at radius 2 is 2.18 bits per heavy atom. The predicted octanol–water partition coefficient (Wildman–Crippen LogP) is 2.53. The summed E-state index contributed by atoms with van der Waals surface area (Å²) >= 11 is 10.7. The molecule has 1 aromatic carbocycles. The highest BCUT2D eigenvalue weighted by molar-refractivity contribution is 7.80. The second-order valence-corrected chi connectivity index (χ2v) is 4.58. The minimum Gasteiger partial charge on any atom is -0.393 e. The number of hydrogen-bond donors (Lipinski definition) is 3. The monoisotopic (exact) mass is 271 g/mol. The standard InChI is InChI=1S/C11H14ClN3OS/c1-7(6-10(13)17)14-11(16)15-9-5-3-2-4-8(9)12/h2-5,7H,6H2,1H3,(H2,13,17)(H2,14,15,16). The number of thiocarbonyl (C=S) groups is 1. The maximum atomic E-state index is 11.6. The maximum Gasteiger partial charge on any atom is 0.319 e. The number of amides is 2. The van der Waals surface area contributed by atoms with Crippen LogP contribution in [-0.2, 0) is 0 Å². The minimum atomic E-state index is -0.332. The van der Waals surface area contributed by atoms with Crippen LogP contribution < -0.4 is 16.4 Å². The van der Waals surface area contributed by atoms with Gasteiger partial charge in [0, 0.05) is 12.5 Å². The van der Waals surface area contributed by atoms with Gasteiger partial charge in [-0.15, -0.1) is 0 Å². The third-order valence-electron chi connectivity index (χ3n) is 2.01. The van der Waals surface area contributed by atoms with Gasteiger partial charge in [0.1, 0.15) is 0 Å². The molecule has 6 heteroatoms. The summed E-state index contributed by atoms with van der Waals surface area (Å²) in [4.78, 5) is 12.0. The largest absolute Gasteiger partial charge is 0.393 e. The van der Waals surface area contributed by atoms with Gasteiger partial charge in [-0.2, -0.15) is 0 Å². The molecule has 4 nitrogen and oxygen atoms in total. The van der Waals surface area contributed by atoms with E-state index in [-0.39, 0.29) is 12.1 Å². The molecule has 92 valence electrons. The number of carbonyl (C=O) groups is 1. The molecule has 0 aromatic heterocycles. The van der Waals surface area contributed by atoms with Crippen LogP contribution in [0, 0.1) is 0 Å². The lowest BCUT2D eigenvalue weighted by molar-refractivity contribution is 0.249. The molecule has 0 fully saturated rings. The normalized spacial score (nSPS) is 11.6. The van der Waals surface area contributed by atoms with Crippen LogP contribution in [0.1, 0.15) is 13.3 Å². The molecule has 4 N–H and O–H groups in total. The molecule has 0 aliphatic heterocycles. The molecule has 0 bridgehead atoms. The van der Waals surface area contributed by atoms with Gasteiger partial charge in [-0.1, -0.05) is 36.0 Å². The summed E-state index contributed by atoms with van der Waals surface area (Å²) in [5.74, 6) is 0. The van der Waals surface area contributed by atoms with Crippen LogP contribution in [-0.4, -0.2) is 17.1 Å². The van der Waals surface area contributed by atoms with Gasteiger partial charge in [-0.25, -0.2) is 4.79 Å². The number of benzene rings is 1. The summed E-state index contributed by atoms with van der Waals surface area (Å²) in [6.07, 6.45) is 0.464. The first-order chi connectivity index (χ1) is 7.99. The smallest absolute Gasteiger partial charge is 0.319 e. The van der Waals surface area contributed by atoms with Crippen LogP contribution in [0.15, 0.2) is 24.3 Å². The Morgan fingerprint density at radius 1 is 1.53 bits per heavy atom. The molecular formula is C11H14ClN3OS. The van der Waals surface area contributed by atoms with Crippen molar-refractivity contribution in [2.24, 2.45) is 5.73 Å².